The highest BCUT2D eigenvalue weighted by molar-refractivity contribution is 5.85. The lowest BCUT2D eigenvalue weighted by Crippen LogP contribution is -2.54. The standard InChI is InChI=1S/C16H22N2O2.ClH/c1-11-14(6-4-8-17-11)18-16(19)13-9-12-5-2-3-7-15(12)20-10-13;/h2-3,5,7,11,13-14,17H,4,6,8-10H2,1H3,(H,18,19);1H. The maximum Gasteiger partial charge on any atom is 0.227 e. The fourth-order valence-corrected chi connectivity index (χ4v) is 3.04. The highest BCUT2D eigenvalue weighted by atomic mass is 35.5. The molecule has 3 unspecified atom stereocenters. The van der Waals surface area contributed by atoms with Gasteiger partial charge in [0, 0.05) is 12.1 Å². The van der Waals surface area contributed by atoms with Crippen molar-refractivity contribution in [2.24, 2.45) is 5.92 Å². The second-order valence-electron chi connectivity index (χ2n) is 5.82. The number of fused-ring (bicyclic) bond motifs is 1. The van der Waals surface area contributed by atoms with Gasteiger partial charge in [0.15, 0.2) is 0 Å². The predicted molar refractivity (Wildman–Crippen MR) is 85.0 cm³/mol. The number of rotatable bonds is 2. The third-order valence-electron chi connectivity index (χ3n) is 4.34. The van der Waals surface area contributed by atoms with Crippen molar-refractivity contribution >= 4 is 18.3 Å². The molecule has 1 aromatic carbocycles. The van der Waals surface area contributed by atoms with E-state index >= 15 is 0 Å². The average Bonchev–Trinajstić information content (AvgIpc) is 2.49. The lowest BCUT2D eigenvalue weighted by molar-refractivity contribution is -0.127. The minimum absolute atomic E-state index is 0. The number of benzene rings is 1. The molecule has 1 aromatic rings. The Morgan fingerprint density at radius 2 is 2.19 bits per heavy atom. The number of amides is 1. The molecule has 1 fully saturated rings. The summed E-state index contributed by atoms with van der Waals surface area (Å²) in [5.74, 6) is 0.975. The molecule has 2 aliphatic heterocycles. The van der Waals surface area contributed by atoms with E-state index in [0.717, 1.165) is 37.1 Å². The summed E-state index contributed by atoms with van der Waals surface area (Å²) in [6.45, 7) is 3.67. The van der Waals surface area contributed by atoms with Crippen LogP contribution in [-0.2, 0) is 11.2 Å². The van der Waals surface area contributed by atoms with E-state index in [0.29, 0.717) is 12.6 Å². The average molecular weight is 311 g/mol. The van der Waals surface area contributed by atoms with E-state index in [1.807, 2.05) is 24.3 Å². The Morgan fingerprint density at radius 1 is 1.38 bits per heavy atom. The van der Waals surface area contributed by atoms with Crippen LogP contribution in [-0.4, -0.2) is 31.1 Å². The van der Waals surface area contributed by atoms with Crippen molar-refractivity contribution in [2.45, 2.75) is 38.3 Å². The van der Waals surface area contributed by atoms with Crippen molar-refractivity contribution in [3.63, 3.8) is 0 Å². The van der Waals surface area contributed by atoms with E-state index in [1.54, 1.807) is 0 Å². The summed E-state index contributed by atoms with van der Waals surface area (Å²) < 4.78 is 5.70. The molecule has 0 spiro atoms. The molecule has 0 aliphatic carbocycles. The first kappa shape index (κ1) is 16.1. The Labute approximate surface area is 132 Å². The molecule has 3 rings (SSSR count). The van der Waals surface area contributed by atoms with Gasteiger partial charge in [0.2, 0.25) is 5.91 Å². The molecule has 5 heteroatoms. The number of carbonyl (C=O) groups is 1. The number of halogens is 1. The summed E-state index contributed by atoms with van der Waals surface area (Å²) >= 11 is 0. The van der Waals surface area contributed by atoms with Crippen molar-refractivity contribution in [3.8, 4) is 5.75 Å². The molecule has 116 valence electrons. The van der Waals surface area contributed by atoms with Gasteiger partial charge in [-0.2, -0.15) is 0 Å². The highest BCUT2D eigenvalue weighted by Gasteiger charge is 2.29. The lowest BCUT2D eigenvalue weighted by Gasteiger charge is -2.32. The van der Waals surface area contributed by atoms with E-state index in [-0.39, 0.29) is 30.3 Å². The molecular weight excluding hydrogens is 288 g/mol. The SMILES string of the molecule is CC1NCCCC1NC(=O)C1COc2ccccc2C1.Cl. The van der Waals surface area contributed by atoms with Crippen LogP contribution >= 0.6 is 12.4 Å². The fraction of sp³-hybridized carbons (Fsp3) is 0.562. The summed E-state index contributed by atoms with van der Waals surface area (Å²) in [4.78, 5) is 12.4. The van der Waals surface area contributed by atoms with Gasteiger partial charge in [-0.3, -0.25) is 4.79 Å². The van der Waals surface area contributed by atoms with Crippen LogP contribution in [0.3, 0.4) is 0 Å². The first-order valence-electron chi connectivity index (χ1n) is 7.48. The molecule has 2 aliphatic rings. The molecule has 0 saturated carbocycles. The molecule has 2 heterocycles. The lowest BCUT2D eigenvalue weighted by atomic mass is 9.94. The van der Waals surface area contributed by atoms with E-state index in [1.165, 1.54) is 0 Å². The molecule has 1 amide bonds. The van der Waals surface area contributed by atoms with Crippen LogP contribution in [0.2, 0.25) is 0 Å². The minimum Gasteiger partial charge on any atom is -0.492 e. The fourth-order valence-electron chi connectivity index (χ4n) is 3.04. The molecule has 0 aromatic heterocycles. The molecule has 21 heavy (non-hydrogen) atoms. The Hall–Kier alpha value is -1.26. The Bertz CT molecular complexity index is 495. The summed E-state index contributed by atoms with van der Waals surface area (Å²) in [5, 5.41) is 6.60. The normalized spacial score (nSPS) is 27.8. The quantitative estimate of drug-likeness (QED) is 0.877. The number of ether oxygens (including phenoxy) is 1. The number of hydrogen-bond donors (Lipinski definition) is 2. The van der Waals surface area contributed by atoms with Crippen LogP contribution in [0.15, 0.2) is 24.3 Å². The number of para-hydroxylation sites is 1. The van der Waals surface area contributed by atoms with Crippen LogP contribution in [0.5, 0.6) is 5.75 Å². The Kier molecular flexibility index (Phi) is 5.48. The van der Waals surface area contributed by atoms with Gasteiger partial charge in [-0.15, -0.1) is 12.4 Å². The minimum atomic E-state index is -0.0703. The Morgan fingerprint density at radius 3 is 3.00 bits per heavy atom. The van der Waals surface area contributed by atoms with E-state index in [9.17, 15) is 4.79 Å². The molecule has 0 radical (unpaired) electrons. The second kappa shape index (κ2) is 7.14. The smallest absolute Gasteiger partial charge is 0.227 e. The second-order valence-corrected chi connectivity index (χ2v) is 5.82. The Balaban J connectivity index is 0.00000161. The maximum absolute atomic E-state index is 12.4. The predicted octanol–water partition coefficient (Wildman–Crippen LogP) is 1.92. The third-order valence-corrected chi connectivity index (χ3v) is 4.34. The third kappa shape index (κ3) is 3.69. The number of nitrogens with one attached hydrogen (secondary N) is 2. The van der Waals surface area contributed by atoms with Gasteiger partial charge >= 0.3 is 0 Å². The van der Waals surface area contributed by atoms with Gasteiger partial charge < -0.3 is 15.4 Å². The van der Waals surface area contributed by atoms with Crippen molar-refractivity contribution in [2.75, 3.05) is 13.2 Å². The number of hydrogen-bond acceptors (Lipinski definition) is 3. The van der Waals surface area contributed by atoms with Crippen molar-refractivity contribution in [1.82, 2.24) is 10.6 Å². The van der Waals surface area contributed by atoms with Gasteiger partial charge in [0.05, 0.1) is 5.92 Å². The zero-order chi connectivity index (χ0) is 13.9. The first-order valence-corrected chi connectivity index (χ1v) is 7.48. The summed E-state index contributed by atoms with van der Waals surface area (Å²) in [5.41, 5.74) is 1.13. The van der Waals surface area contributed by atoms with Crippen LogP contribution in [0.1, 0.15) is 25.3 Å². The van der Waals surface area contributed by atoms with Crippen molar-refractivity contribution in [1.29, 1.82) is 0 Å². The molecule has 0 bridgehead atoms. The van der Waals surface area contributed by atoms with Crippen LogP contribution in [0.25, 0.3) is 0 Å². The summed E-state index contributed by atoms with van der Waals surface area (Å²) in [7, 11) is 0. The zero-order valence-corrected chi connectivity index (χ0v) is 13.1. The summed E-state index contributed by atoms with van der Waals surface area (Å²) in [6, 6.07) is 8.57. The van der Waals surface area contributed by atoms with E-state index in [4.69, 9.17) is 4.74 Å². The van der Waals surface area contributed by atoms with Gasteiger partial charge in [-0.1, -0.05) is 18.2 Å². The molecule has 2 N–H and O–H groups in total. The highest BCUT2D eigenvalue weighted by Crippen LogP contribution is 2.27. The van der Waals surface area contributed by atoms with E-state index in [2.05, 4.69) is 17.6 Å². The monoisotopic (exact) mass is 310 g/mol. The summed E-state index contributed by atoms with van der Waals surface area (Å²) in [6.07, 6.45) is 2.96. The number of piperidine rings is 1. The molecule has 3 atom stereocenters. The number of carbonyl (C=O) groups excluding carboxylic acids is 1. The van der Waals surface area contributed by atoms with Crippen molar-refractivity contribution in [3.05, 3.63) is 29.8 Å². The first-order chi connectivity index (χ1) is 9.74. The maximum atomic E-state index is 12.4. The van der Waals surface area contributed by atoms with Gasteiger partial charge in [0.25, 0.3) is 0 Å². The van der Waals surface area contributed by atoms with Crippen LogP contribution < -0.4 is 15.4 Å². The largest absolute Gasteiger partial charge is 0.492 e. The van der Waals surface area contributed by atoms with Gasteiger partial charge in [0.1, 0.15) is 12.4 Å². The van der Waals surface area contributed by atoms with Crippen LogP contribution in [0.4, 0.5) is 0 Å². The zero-order valence-electron chi connectivity index (χ0n) is 12.3. The molecule has 4 nitrogen and oxygen atoms in total. The van der Waals surface area contributed by atoms with Gasteiger partial charge in [-0.05, 0) is 44.4 Å². The molecular formula is C16H23ClN2O2. The topological polar surface area (TPSA) is 50.4 Å². The van der Waals surface area contributed by atoms with Gasteiger partial charge in [-0.25, -0.2) is 0 Å². The van der Waals surface area contributed by atoms with Crippen molar-refractivity contribution < 1.29 is 9.53 Å². The molecule has 1 saturated heterocycles. The van der Waals surface area contributed by atoms with E-state index < -0.39 is 0 Å². The van der Waals surface area contributed by atoms with Crippen LogP contribution in [0, 0.1) is 5.92 Å².